The number of phenols is 1. The number of morpholine rings is 1. The molecule has 2 aromatic carbocycles. The summed E-state index contributed by atoms with van der Waals surface area (Å²) in [7, 11) is 1.76. The monoisotopic (exact) mass is 628 g/mol. The molecule has 240 valence electrons. The van der Waals surface area contributed by atoms with E-state index in [1.54, 1.807) is 42.2 Å². The van der Waals surface area contributed by atoms with E-state index in [-0.39, 0.29) is 35.2 Å². The van der Waals surface area contributed by atoms with Gasteiger partial charge in [-0.05, 0) is 78.8 Å². The number of nitrogens with one attached hydrogen (secondary N) is 2. The van der Waals surface area contributed by atoms with E-state index in [4.69, 9.17) is 9.47 Å². The van der Waals surface area contributed by atoms with Crippen LogP contribution in [0.5, 0.6) is 17.4 Å². The Labute approximate surface area is 266 Å². The summed E-state index contributed by atoms with van der Waals surface area (Å²) in [6.45, 7) is 3.61. The zero-order valence-corrected chi connectivity index (χ0v) is 25.6. The van der Waals surface area contributed by atoms with Crippen molar-refractivity contribution in [2.75, 3.05) is 26.3 Å². The molecule has 1 saturated carbocycles. The molecule has 0 spiro atoms. The van der Waals surface area contributed by atoms with Crippen LogP contribution in [0.1, 0.15) is 52.1 Å². The number of hydrogen-bond acceptors (Lipinski definition) is 8. The minimum absolute atomic E-state index is 0.00591. The Balaban J connectivity index is 1.12. The molecule has 1 aliphatic heterocycles. The zero-order chi connectivity index (χ0) is 32.0. The lowest BCUT2D eigenvalue weighted by atomic mass is 9.91. The molecule has 0 atom stereocenters. The Morgan fingerprint density at radius 2 is 1.74 bits per heavy atom. The van der Waals surface area contributed by atoms with Crippen molar-refractivity contribution in [2.45, 2.75) is 44.3 Å². The summed E-state index contributed by atoms with van der Waals surface area (Å²) in [5.41, 5.74) is 3.12. The van der Waals surface area contributed by atoms with Crippen molar-refractivity contribution in [3.63, 3.8) is 0 Å². The molecule has 11 nitrogen and oxygen atoms in total. The van der Waals surface area contributed by atoms with Gasteiger partial charge in [-0.3, -0.25) is 19.2 Å². The molecule has 1 aliphatic carbocycles. The van der Waals surface area contributed by atoms with Gasteiger partial charge in [-0.1, -0.05) is 18.2 Å². The number of nitrogens with zero attached hydrogens (tertiary/aromatic N) is 4. The van der Waals surface area contributed by atoms with E-state index in [2.05, 4.69) is 25.6 Å². The average molecular weight is 629 g/mol. The standard InChI is InChI=1S/C34H37FN6O5/c1-40-12-11-31(39-40)33(44)38-26-7-5-25(6-8-26)37-32(43)30-19-24(35)20-36-34(30)46-28-4-2-3-22(18-28)29-10-9-27(42)17-23(29)21-41-13-15-45-16-14-41/h2-4,9-12,17-20,25-26,42H,5-8,13-16,21H2,1H3,(H,37,43)(H,38,44)/t25-,26-. The van der Waals surface area contributed by atoms with Crippen molar-refractivity contribution in [3.8, 4) is 28.5 Å². The van der Waals surface area contributed by atoms with Gasteiger partial charge in [0.15, 0.2) is 0 Å². The van der Waals surface area contributed by atoms with E-state index in [1.165, 1.54) is 0 Å². The van der Waals surface area contributed by atoms with Gasteiger partial charge in [0.1, 0.15) is 28.6 Å². The van der Waals surface area contributed by atoms with Crippen molar-refractivity contribution in [1.29, 1.82) is 0 Å². The van der Waals surface area contributed by atoms with Gasteiger partial charge in [0.25, 0.3) is 11.8 Å². The fourth-order valence-corrected chi connectivity index (χ4v) is 5.94. The predicted molar refractivity (Wildman–Crippen MR) is 168 cm³/mol. The lowest BCUT2D eigenvalue weighted by Crippen LogP contribution is -2.44. The molecule has 0 radical (unpaired) electrons. The number of amides is 2. The molecular formula is C34H37FN6O5. The molecule has 6 rings (SSSR count). The maximum Gasteiger partial charge on any atom is 0.271 e. The highest BCUT2D eigenvalue weighted by Crippen LogP contribution is 2.33. The second kappa shape index (κ2) is 14.1. The number of ether oxygens (including phenoxy) is 2. The van der Waals surface area contributed by atoms with Gasteiger partial charge in [-0.25, -0.2) is 9.37 Å². The molecule has 2 amide bonds. The number of rotatable bonds is 9. The summed E-state index contributed by atoms with van der Waals surface area (Å²) in [4.78, 5) is 32.2. The van der Waals surface area contributed by atoms with Crippen LogP contribution in [0.25, 0.3) is 11.1 Å². The summed E-state index contributed by atoms with van der Waals surface area (Å²) < 4.78 is 27.5. The third-order valence-electron chi connectivity index (χ3n) is 8.35. The van der Waals surface area contributed by atoms with Gasteiger partial charge in [0, 0.05) is 45.0 Å². The molecule has 1 saturated heterocycles. The number of pyridine rings is 1. The minimum Gasteiger partial charge on any atom is -0.508 e. The molecule has 4 aromatic rings. The highest BCUT2D eigenvalue weighted by molar-refractivity contribution is 5.96. The summed E-state index contributed by atoms with van der Waals surface area (Å²) in [5, 5.41) is 20.4. The lowest BCUT2D eigenvalue weighted by Gasteiger charge is -2.29. The number of hydrogen-bond donors (Lipinski definition) is 3. The van der Waals surface area contributed by atoms with E-state index in [9.17, 15) is 19.1 Å². The SMILES string of the molecule is Cn1ccc(C(=O)N[C@H]2CC[C@H](NC(=O)c3cc(F)cnc3Oc3cccc(-c4ccc(O)cc4CN4CCOCC4)c3)CC2)n1. The fraction of sp³-hybridized carbons (Fsp3) is 0.353. The summed E-state index contributed by atoms with van der Waals surface area (Å²) in [5.74, 6) is -0.738. The van der Waals surface area contributed by atoms with E-state index in [1.807, 2.05) is 24.3 Å². The second-order valence-electron chi connectivity index (χ2n) is 11.7. The third-order valence-corrected chi connectivity index (χ3v) is 8.35. The summed E-state index contributed by atoms with van der Waals surface area (Å²) >= 11 is 0. The smallest absolute Gasteiger partial charge is 0.271 e. The molecule has 3 heterocycles. The van der Waals surface area contributed by atoms with E-state index >= 15 is 0 Å². The predicted octanol–water partition coefficient (Wildman–Crippen LogP) is 4.42. The largest absolute Gasteiger partial charge is 0.508 e. The molecule has 2 fully saturated rings. The number of aryl methyl sites for hydroxylation is 1. The highest BCUT2D eigenvalue weighted by Gasteiger charge is 2.26. The van der Waals surface area contributed by atoms with E-state index in [0.29, 0.717) is 56.9 Å². The average Bonchev–Trinajstić information content (AvgIpc) is 3.50. The Morgan fingerprint density at radius 3 is 2.46 bits per heavy atom. The van der Waals surface area contributed by atoms with Crippen molar-refractivity contribution in [2.24, 2.45) is 7.05 Å². The molecule has 12 heteroatoms. The van der Waals surface area contributed by atoms with Crippen LogP contribution in [0.4, 0.5) is 4.39 Å². The van der Waals surface area contributed by atoms with Crippen molar-refractivity contribution >= 4 is 11.8 Å². The van der Waals surface area contributed by atoms with E-state index < -0.39 is 11.7 Å². The molecular weight excluding hydrogens is 591 g/mol. The summed E-state index contributed by atoms with van der Waals surface area (Å²) in [6, 6.07) is 15.3. The van der Waals surface area contributed by atoms with Crippen LogP contribution in [0.3, 0.4) is 0 Å². The number of phenolic OH excluding ortho intramolecular Hbond substituents is 1. The Morgan fingerprint density at radius 1 is 1.00 bits per heavy atom. The Bertz CT molecular complexity index is 1700. The zero-order valence-electron chi connectivity index (χ0n) is 25.6. The maximum absolute atomic E-state index is 14.3. The van der Waals surface area contributed by atoms with Gasteiger partial charge in [-0.2, -0.15) is 5.10 Å². The van der Waals surface area contributed by atoms with Crippen LogP contribution in [-0.2, 0) is 18.3 Å². The Hall–Kier alpha value is -4.81. The first kappa shape index (κ1) is 31.2. The second-order valence-corrected chi connectivity index (χ2v) is 11.7. The van der Waals surface area contributed by atoms with Gasteiger partial charge in [-0.15, -0.1) is 0 Å². The molecule has 2 aromatic heterocycles. The molecule has 0 bridgehead atoms. The van der Waals surface area contributed by atoms with Crippen LogP contribution in [0.2, 0.25) is 0 Å². The highest BCUT2D eigenvalue weighted by atomic mass is 19.1. The number of carbonyl (C=O) groups excluding carboxylic acids is 2. The first-order valence-corrected chi connectivity index (χ1v) is 15.5. The van der Waals surface area contributed by atoms with Crippen molar-refractivity contribution in [3.05, 3.63) is 89.6 Å². The minimum atomic E-state index is -0.649. The molecule has 46 heavy (non-hydrogen) atoms. The van der Waals surface area contributed by atoms with Gasteiger partial charge in [0.05, 0.1) is 19.4 Å². The van der Waals surface area contributed by atoms with Crippen LogP contribution < -0.4 is 15.4 Å². The number of carbonyl (C=O) groups is 2. The number of halogens is 1. The van der Waals surface area contributed by atoms with Gasteiger partial charge >= 0.3 is 0 Å². The quantitative estimate of drug-likeness (QED) is 0.248. The van der Waals surface area contributed by atoms with E-state index in [0.717, 1.165) is 42.0 Å². The molecule has 2 aliphatic rings. The van der Waals surface area contributed by atoms with Crippen molar-refractivity contribution < 1.29 is 28.6 Å². The van der Waals surface area contributed by atoms with Crippen molar-refractivity contribution in [1.82, 2.24) is 30.3 Å². The fourth-order valence-electron chi connectivity index (χ4n) is 5.94. The lowest BCUT2D eigenvalue weighted by molar-refractivity contribution is 0.0342. The van der Waals surface area contributed by atoms with Crippen LogP contribution in [0.15, 0.2) is 67.0 Å². The van der Waals surface area contributed by atoms with Gasteiger partial charge < -0.3 is 25.2 Å². The number of benzene rings is 2. The van der Waals surface area contributed by atoms with Gasteiger partial charge in [0.2, 0.25) is 5.88 Å². The maximum atomic E-state index is 14.3. The first-order chi connectivity index (χ1) is 22.3. The normalized spacial score (nSPS) is 18.6. The third kappa shape index (κ3) is 7.69. The van der Waals surface area contributed by atoms with Crippen LogP contribution in [0, 0.1) is 5.82 Å². The topological polar surface area (TPSA) is 131 Å². The van der Waals surface area contributed by atoms with Crippen LogP contribution in [-0.4, -0.2) is 75.0 Å². The number of aromatic nitrogens is 3. The Kier molecular flexibility index (Phi) is 9.55. The molecule has 0 unspecified atom stereocenters. The first-order valence-electron chi connectivity index (χ1n) is 15.5. The number of aromatic hydroxyl groups is 1. The molecule has 3 N–H and O–H groups in total. The van der Waals surface area contributed by atoms with Crippen LogP contribution >= 0.6 is 0 Å². The summed E-state index contributed by atoms with van der Waals surface area (Å²) in [6.07, 6.45) is 5.42.